The van der Waals surface area contributed by atoms with Crippen molar-refractivity contribution in [2.24, 2.45) is 11.8 Å². The largest absolute Gasteiger partial charge is 0.493 e. The summed E-state index contributed by atoms with van der Waals surface area (Å²) in [4.78, 5) is 26.2. The highest BCUT2D eigenvalue weighted by Crippen LogP contribution is 2.38. The van der Waals surface area contributed by atoms with Gasteiger partial charge < -0.3 is 34.9 Å². The number of carbonyl (C=O) groups excluding carboxylic acids is 2. The minimum absolute atomic E-state index is 0.0488. The molecule has 1 aliphatic heterocycles. The van der Waals surface area contributed by atoms with Crippen LogP contribution in [0.1, 0.15) is 53.8 Å². The quantitative estimate of drug-likeness (QED) is 0.297. The van der Waals surface area contributed by atoms with Crippen LogP contribution in [0.25, 0.3) is 0 Å². The molecule has 2 amide bonds. The van der Waals surface area contributed by atoms with E-state index in [4.69, 9.17) is 18.9 Å². The standard InChI is InChI=1S/C30H43N3O6/c1-20(2)26-24(12-13-25(37-4)28(26)39-15-9-14-36-3)29(34)32-18-22-16-31-17-23(22)19-33-30(35)27(38-5)21-10-7-6-8-11-21/h6-8,10-13,20,22-23,27,31H,9,14-19H2,1-5H3,(H,32,34)(H,33,35)/t22-,23-,27+/m0/s1. The Morgan fingerprint density at radius 3 is 2.26 bits per heavy atom. The Kier molecular flexibility index (Phi) is 12.0. The number of methoxy groups -OCH3 is 3. The number of hydrogen-bond donors (Lipinski definition) is 3. The molecule has 3 rings (SSSR count). The van der Waals surface area contributed by atoms with Crippen LogP contribution in [0, 0.1) is 11.8 Å². The summed E-state index contributed by atoms with van der Waals surface area (Å²) in [6.07, 6.45) is 0.0746. The van der Waals surface area contributed by atoms with Crippen molar-refractivity contribution in [3.63, 3.8) is 0 Å². The molecule has 0 saturated carbocycles. The summed E-state index contributed by atoms with van der Waals surface area (Å²) < 4.78 is 22.2. The first-order valence-corrected chi connectivity index (χ1v) is 13.6. The van der Waals surface area contributed by atoms with Crippen molar-refractivity contribution >= 4 is 11.8 Å². The zero-order chi connectivity index (χ0) is 28.2. The molecule has 0 unspecified atom stereocenters. The fraction of sp³-hybridized carbons (Fsp3) is 0.533. The third kappa shape index (κ3) is 8.17. The number of rotatable bonds is 15. The highest BCUT2D eigenvalue weighted by Gasteiger charge is 2.30. The molecule has 1 saturated heterocycles. The molecule has 214 valence electrons. The number of nitrogens with one attached hydrogen (secondary N) is 3. The van der Waals surface area contributed by atoms with Gasteiger partial charge in [0.1, 0.15) is 0 Å². The Hall–Kier alpha value is -3.14. The second-order valence-corrected chi connectivity index (χ2v) is 10.1. The maximum Gasteiger partial charge on any atom is 0.253 e. The Balaban J connectivity index is 1.63. The van der Waals surface area contributed by atoms with E-state index in [0.717, 1.165) is 30.6 Å². The molecule has 2 aromatic carbocycles. The monoisotopic (exact) mass is 541 g/mol. The molecule has 0 aliphatic carbocycles. The molecule has 9 heteroatoms. The van der Waals surface area contributed by atoms with Crippen LogP contribution >= 0.6 is 0 Å². The van der Waals surface area contributed by atoms with E-state index < -0.39 is 6.10 Å². The summed E-state index contributed by atoms with van der Waals surface area (Å²) in [5.74, 6) is 1.30. The molecule has 9 nitrogen and oxygen atoms in total. The number of carbonyl (C=O) groups is 2. The molecule has 1 aliphatic rings. The Morgan fingerprint density at radius 1 is 0.949 bits per heavy atom. The van der Waals surface area contributed by atoms with Gasteiger partial charge in [-0.3, -0.25) is 9.59 Å². The van der Waals surface area contributed by atoms with Gasteiger partial charge >= 0.3 is 0 Å². The molecule has 3 N–H and O–H groups in total. The predicted molar refractivity (Wildman–Crippen MR) is 150 cm³/mol. The van der Waals surface area contributed by atoms with Crippen LogP contribution < -0.4 is 25.4 Å². The first-order chi connectivity index (χ1) is 18.9. The van der Waals surface area contributed by atoms with Crippen molar-refractivity contribution in [2.75, 3.05) is 60.7 Å². The van der Waals surface area contributed by atoms with Gasteiger partial charge in [0.2, 0.25) is 0 Å². The van der Waals surface area contributed by atoms with E-state index >= 15 is 0 Å². The second-order valence-electron chi connectivity index (χ2n) is 10.1. The SMILES string of the molecule is COCCCOc1c(OC)ccc(C(=O)NC[C@@H]2CNC[C@H]2CNC(=O)[C@H](OC)c2ccccc2)c1C(C)C. The smallest absolute Gasteiger partial charge is 0.253 e. The van der Waals surface area contributed by atoms with Crippen LogP contribution in [0.4, 0.5) is 0 Å². The number of amides is 2. The molecule has 1 fully saturated rings. The summed E-state index contributed by atoms with van der Waals surface area (Å²) in [6, 6.07) is 13.0. The van der Waals surface area contributed by atoms with Crippen LogP contribution in [0.3, 0.4) is 0 Å². The van der Waals surface area contributed by atoms with Crippen molar-refractivity contribution in [2.45, 2.75) is 32.3 Å². The number of benzene rings is 2. The first kappa shape index (κ1) is 30.4. The molecule has 0 bridgehead atoms. The Bertz CT molecular complexity index is 1060. The maximum absolute atomic E-state index is 13.4. The zero-order valence-corrected chi connectivity index (χ0v) is 23.8. The second kappa shape index (κ2) is 15.5. The average Bonchev–Trinajstić information content (AvgIpc) is 3.40. The van der Waals surface area contributed by atoms with Crippen molar-refractivity contribution in [3.05, 3.63) is 59.2 Å². The van der Waals surface area contributed by atoms with Gasteiger partial charge in [0, 0.05) is 64.6 Å². The van der Waals surface area contributed by atoms with E-state index in [1.165, 1.54) is 7.11 Å². The highest BCUT2D eigenvalue weighted by atomic mass is 16.5. The van der Waals surface area contributed by atoms with Gasteiger partial charge in [0.05, 0.1) is 13.7 Å². The van der Waals surface area contributed by atoms with Crippen LogP contribution in [-0.4, -0.2) is 72.5 Å². The van der Waals surface area contributed by atoms with E-state index in [9.17, 15) is 9.59 Å². The van der Waals surface area contributed by atoms with Gasteiger partial charge in [-0.25, -0.2) is 0 Å². The molecular weight excluding hydrogens is 498 g/mol. The molecule has 0 spiro atoms. The van der Waals surface area contributed by atoms with Crippen LogP contribution in [0.15, 0.2) is 42.5 Å². The van der Waals surface area contributed by atoms with E-state index in [1.807, 2.05) is 44.2 Å². The van der Waals surface area contributed by atoms with Crippen molar-refractivity contribution in [1.29, 1.82) is 0 Å². The van der Waals surface area contributed by atoms with Gasteiger partial charge in [0.25, 0.3) is 11.8 Å². The molecule has 0 radical (unpaired) electrons. The van der Waals surface area contributed by atoms with Gasteiger partial charge in [-0.1, -0.05) is 44.2 Å². The molecule has 39 heavy (non-hydrogen) atoms. The van der Waals surface area contributed by atoms with Crippen LogP contribution in [-0.2, 0) is 14.3 Å². The lowest BCUT2D eigenvalue weighted by Gasteiger charge is -2.23. The van der Waals surface area contributed by atoms with E-state index in [1.54, 1.807) is 26.4 Å². The summed E-state index contributed by atoms with van der Waals surface area (Å²) >= 11 is 0. The number of ether oxygens (including phenoxy) is 4. The Labute approximate surface area is 231 Å². The average molecular weight is 542 g/mol. The van der Waals surface area contributed by atoms with Gasteiger partial charge in [-0.2, -0.15) is 0 Å². The third-order valence-corrected chi connectivity index (χ3v) is 7.06. The summed E-state index contributed by atoms with van der Waals surface area (Å²) in [7, 11) is 4.79. The van der Waals surface area contributed by atoms with Crippen LogP contribution in [0.5, 0.6) is 11.5 Å². The predicted octanol–water partition coefficient (Wildman–Crippen LogP) is 3.30. The van der Waals surface area contributed by atoms with Gasteiger partial charge in [0.15, 0.2) is 17.6 Å². The van der Waals surface area contributed by atoms with Crippen molar-refractivity contribution in [3.8, 4) is 11.5 Å². The van der Waals surface area contributed by atoms with Gasteiger partial charge in [-0.15, -0.1) is 0 Å². The highest BCUT2D eigenvalue weighted by molar-refractivity contribution is 5.97. The summed E-state index contributed by atoms with van der Waals surface area (Å²) in [5, 5.41) is 9.55. The molecule has 3 atom stereocenters. The van der Waals surface area contributed by atoms with Crippen molar-refractivity contribution in [1.82, 2.24) is 16.0 Å². The fourth-order valence-corrected chi connectivity index (χ4v) is 4.97. The molecule has 2 aromatic rings. The lowest BCUT2D eigenvalue weighted by molar-refractivity contribution is -0.131. The summed E-state index contributed by atoms with van der Waals surface area (Å²) in [5.41, 5.74) is 2.21. The summed E-state index contributed by atoms with van der Waals surface area (Å²) in [6.45, 7) is 7.65. The van der Waals surface area contributed by atoms with E-state index in [-0.39, 0.29) is 29.6 Å². The first-order valence-electron chi connectivity index (χ1n) is 13.6. The fourth-order valence-electron chi connectivity index (χ4n) is 4.97. The van der Waals surface area contributed by atoms with Crippen LogP contribution in [0.2, 0.25) is 0 Å². The molecular formula is C30H43N3O6. The maximum atomic E-state index is 13.4. The Morgan fingerprint density at radius 2 is 1.64 bits per heavy atom. The minimum atomic E-state index is -0.658. The van der Waals surface area contributed by atoms with Gasteiger partial charge in [-0.05, 0) is 35.4 Å². The number of hydrogen-bond acceptors (Lipinski definition) is 7. The van der Waals surface area contributed by atoms with Crippen molar-refractivity contribution < 1.29 is 28.5 Å². The topological polar surface area (TPSA) is 107 Å². The zero-order valence-electron chi connectivity index (χ0n) is 23.8. The third-order valence-electron chi connectivity index (χ3n) is 7.06. The minimum Gasteiger partial charge on any atom is -0.493 e. The molecule has 0 aromatic heterocycles. The normalized spacial score (nSPS) is 17.6. The van der Waals surface area contributed by atoms with E-state index in [2.05, 4.69) is 16.0 Å². The molecule has 1 heterocycles. The van der Waals surface area contributed by atoms with E-state index in [0.29, 0.717) is 43.4 Å². The lowest BCUT2D eigenvalue weighted by atomic mass is 9.93. The lowest BCUT2D eigenvalue weighted by Crippen LogP contribution is -2.39.